The van der Waals surface area contributed by atoms with Crippen LogP contribution < -0.4 is 16.0 Å². The number of rotatable bonds is 7. The lowest BCUT2D eigenvalue weighted by atomic mass is 9.89. The third kappa shape index (κ3) is 6.04. The molecule has 0 aliphatic heterocycles. The standard InChI is InChI=1S/C22H33N3O3S/c1-15-8-9-19(29-15)10-11-20(27)23-17-6-5-7-18(14-17)24-21(28)22(25-16(2)26)12-3-4-13-22/h8-9,17-18H,3-7,10-14H2,1-2H3,(H,23,27)(H,24,28)(H,25,26). The second-order valence-corrected chi connectivity index (χ2v) is 9.96. The van der Waals surface area contributed by atoms with Gasteiger partial charge in [0.2, 0.25) is 17.7 Å². The molecule has 2 aliphatic rings. The first-order valence-corrected chi connectivity index (χ1v) is 11.6. The number of hydrogen-bond donors (Lipinski definition) is 3. The van der Waals surface area contributed by atoms with E-state index < -0.39 is 5.54 Å². The van der Waals surface area contributed by atoms with E-state index in [0.29, 0.717) is 19.3 Å². The largest absolute Gasteiger partial charge is 0.353 e. The van der Waals surface area contributed by atoms with Gasteiger partial charge in [0.1, 0.15) is 5.54 Å². The fourth-order valence-corrected chi connectivity index (χ4v) is 5.55. The SMILES string of the molecule is CC(=O)NC1(C(=O)NC2CCCC(NC(=O)CCc3ccc(C)s3)C2)CCCC1. The molecule has 0 aromatic carbocycles. The van der Waals surface area contributed by atoms with Crippen LogP contribution in [0.15, 0.2) is 12.1 Å². The normalized spacial score (nSPS) is 23.4. The molecule has 0 bridgehead atoms. The number of carbonyl (C=O) groups excluding carboxylic acids is 3. The summed E-state index contributed by atoms with van der Waals surface area (Å²) in [4.78, 5) is 39.4. The van der Waals surface area contributed by atoms with Crippen LogP contribution in [0.5, 0.6) is 0 Å². The van der Waals surface area contributed by atoms with Crippen molar-refractivity contribution < 1.29 is 14.4 Å². The Morgan fingerprint density at radius 1 is 1.07 bits per heavy atom. The molecule has 3 N–H and O–H groups in total. The van der Waals surface area contributed by atoms with Gasteiger partial charge in [0.25, 0.3) is 0 Å². The van der Waals surface area contributed by atoms with Crippen molar-refractivity contribution in [2.24, 2.45) is 0 Å². The van der Waals surface area contributed by atoms with Crippen LogP contribution in [-0.4, -0.2) is 35.3 Å². The fourth-order valence-electron chi connectivity index (χ4n) is 4.66. The zero-order chi connectivity index (χ0) is 20.9. The van der Waals surface area contributed by atoms with Gasteiger partial charge in [-0.05, 0) is 64.0 Å². The number of carbonyl (C=O) groups is 3. The molecule has 1 aromatic rings. The molecule has 1 aromatic heterocycles. The van der Waals surface area contributed by atoms with E-state index in [9.17, 15) is 14.4 Å². The first-order chi connectivity index (χ1) is 13.9. The van der Waals surface area contributed by atoms with Crippen molar-refractivity contribution in [2.45, 2.75) is 95.7 Å². The molecule has 29 heavy (non-hydrogen) atoms. The van der Waals surface area contributed by atoms with Crippen molar-refractivity contribution in [3.63, 3.8) is 0 Å². The summed E-state index contributed by atoms with van der Waals surface area (Å²) in [7, 11) is 0. The Hall–Kier alpha value is -1.89. The molecule has 1 heterocycles. The van der Waals surface area contributed by atoms with Crippen molar-refractivity contribution in [2.75, 3.05) is 0 Å². The Kier molecular flexibility index (Phi) is 7.33. The van der Waals surface area contributed by atoms with Crippen molar-refractivity contribution >= 4 is 29.1 Å². The van der Waals surface area contributed by atoms with Gasteiger partial charge in [0, 0.05) is 35.2 Å². The van der Waals surface area contributed by atoms with E-state index in [1.807, 2.05) is 0 Å². The summed E-state index contributed by atoms with van der Waals surface area (Å²) < 4.78 is 0. The first-order valence-electron chi connectivity index (χ1n) is 10.8. The van der Waals surface area contributed by atoms with Crippen LogP contribution in [0.1, 0.15) is 74.5 Å². The first kappa shape index (κ1) is 21.8. The van der Waals surface area contributed by atoms with Crippen LogP contribution in [0.25, 0.3) is 0 Å². The van der Waals surface area contributed by atoms with Crippen LogP contribution in [0.3, 0.4) is 0 Å². The Bertz CT molecular complexity index is 739. The van der Waals surface area contributed by atoms with E-state index in [4.69, 9.17) is 0 Å². The predicted octanol–water partition coefficient (Wildman–Crippen LogP) is 2.98. The van der Waals surface area contributed by atoms with Crippen LogP contribution in [-0.2, 0) is 20.8 Å². The molecular weight excluding hydrogens is 386 g/mol. The lowest BCUT2D eigenvalue weighted by Gasteiger charge is -2.34. The summed E-state index contributed by atoms with van der Waals surface area (Å²) in [5, 5.41) is 9.22. The molecule has 6 nitrogen and oxygen atoms in total. The van der Waals surface area contributed by atoms with Crippen molar-refractivity contribution in [1.82, 2.24) is 16.0 Å². The molecule has 2 fully saturated rings. The van der Waals surface area contributed by atoms with E-state index in [1.54, 1.807) is 11.3 Å². The molecule has 0 saturated heterocycles. The summed E-state index contributed by atoms with van der Waals surface area (Å²) in [5.74, 6) is -0.134. The Morgan fingerprint density at radius 3 is 2.38 bits per heavy atom. The van der Waals surface area contributed by atoms with E-state index in [1.165, 1.54) is 16.7 Å². The average molecular weight is 420 g/mol. The maximum atomic E-state index is 12.9. The third-order valence-corrected chi connectivity index (χ3v) is 7.14. The molecule has 7 heteroatoms. The van der Waals surface area contributed by atoms with E-state index in [2.05, 4.69) is 35.0 Å². The average Bonchev–Trinajstić information content (AvgIpc) is 3.29. The molecule has 160 valence electrons. The quantitative estimate of drug-likeness (QED) is 0.635. The van der Waals surface area contributed by atoms with Crippen molar-refractivity contribution in [3.8, 4) is 0 Å². The lowest BCUT2D eigenvalue weighted by molar-refractivity contribution is -0.133. The van der Waals surface area contributed by atoms with Gasteiger partial charge in [-0.3, -0.25) is 14.4 Å². The van der Waals surface area contributed by atoms with Gasteiger partial charge < -0.3 is 16.0 Å². The third-order valence-electron chi connectivity index (χ3n) is 6.08. The number of nitrogens with one attached hydrogen (secondary N) is 3. The summed E-state index contributed by atoms with van der Waals surface area (Å²) in [6.07, 6.45) is 8.20. The maximum absolute atomic E-state index is 12.9. The molecule has 0 spiro atoms. The summed E-state index contributed by atoms with van der Waals surface area (Å²) in [6.45, 7) is 3.55. The van der Waals surface area contributed by atoms with Crippen LogP contribution in [0, 0.1) is 6.92 Å². The zero-order valence-corrected chi connectivity index (χ0v) is 18.3. The minimum atomic E-state index is -0.749. The van der Waals surface area contributed by atoms with Crippen molar-refractivity contribution in [1.29, 1.82) is 0 Å². The van der Waals surface area contributed by atoms with Gasteiger partial charge in [-0.25, -0.2) is 0 Å². The fraction of sp³-hybridized carbons (Fsp3) is 0.682. The smallest absolute Gasteiger partial charge is 0.245 e. The lowest BCUT2D eigenvalue weighted by Crippen LogP contribution is -2.59. The van der Waals surface area contributed by atoms with Gasteiger partial charge in [0.15, 0.2) is 0 Å². The van der Waals surface area contributed by atoms with E-state index in [-0.39, 0.29) is 29.8 Å². The second kappa shape index (κ2) is 9.74. The molecular formula is C22H33N3O3S. The molecule has 2 aliphatic carbocycles. The van der Waals surface area contributed by atoms with E-state index in [0.717, 1.165) is 44.9 Å². The highest BCUT2D eigenvalue weighted by Crippen LogP contribution is 2.31. The molecule has 2 atom stereocenters. The van der Waals surface area contributed by atoms with E-state index >= 15 is 0 Å². The summed E-state index contributed by atoms with van der Waals surface area (Å²) in [5.41, 5.74) is -0.749. The van der Waals surface area contributed by atoms with Gasteiger partial charge in [-0.1, -0.05) is 12.8 Å². The highest BCUT2D eigenvalue weighted by atomic mass is 32.1. The number of hydrogen-bond acceptors (Lipinski definition) is 4. The molecule has 2 unspecified atom stereocenters. The van der Waals surface area contributed by atoms with Crippen LogP contribution in [0.4, 0.5) is 0 Å². The highest BCUT2D eigenvalue weighted by Gasteiger charge is 2.42. The number of aryl methyl sites for hydroxylation is 2. The summed E-state index contributed by atoms with van der Waals surface area (Å²) >= 11 is 1.74. The Balaban J connectivity index is 1.47. The molecule has 2 saturated carbocycles. The Labute approximate surface area is 177 Å². The minimum absolute atomic E-state index is 0.0488. The molecule has 3 rings (SSSR count). The van der Waals surface area contributed by atoms with Crippen LogP contribution in [0.2, 0.25) is 0 Å². The maximum Gasteiger partial charge on any atom is 0.245 e. The van der Waals surface area contributed by atoms with Gasteiger partial charge in [0.05, 0.1) is 0 Å². The van der Waals surface area contributed by atoms with Gasteiger partial charge >= 0.3 is 0 Å². The van der Waals surface area contributed by atoms with Crippen molar-refractivity contribution in [3.05, 3.63) is 21.9 Å². The second-order valence-electron chi connectivity index (χ2n) is 8.58. The molecule has 0 radical (unpaired) electrons. The number of amides is 3. The Morgan fingerprint density at radius 2 is 1.76 bits per heavy atom. The summed E-state index contributed by atoms with van der Waals surface area (Å²) in [6, 6.07) is 4.33. The van der Waals surface area contributed by atoms with Crippen LogP contribution >= 0.6 is 11.3 Å². The topological polar surface area (TPSA) is 87.3 Å². The minimum Gasteiger partial charge on any atom is -0.353 e. The van der Waals surface area contributed by atoms with Gasteiger partial charge in [-0.15, -0.1) is 11.3 Å². The zero-order valence-electron chi connectivity index (χ0n) is 17.5. The highest BCUT2D eigenvalue weighted by molar-refractivity contribution is 7.11. The number of thiophene rings is 1. The monoisotopic (exact) mass is 419 g/mol. The predicted molar refractivity (Wildman–Crippen MR) is 115 cm³/mol. The van der Waals surface area contributed by atoms with Gasteiger partial charge in [-0.2, -0.15) is 0 Å². The molecule has 3 amide bonds.